The predicted octanol–water partition coefficient (Wildman–Crippen LogP) is 3.26. The van der Waals surface area contributed by atoms with Crippen LogP contribution in [-0.2, 0) is 4.79 Å². The maximum atomic E-state index is 11.9. The number of benzene rings is 2. The Morgan fingerprint density at radius 2 is 2.07 bits per heavy atom. The summed E-state index contributed by atoms with van der Waals surface area (Å²) in [4.78, 5) is 22.3. The molecule has 0 heterocycles. The number of aromatic hydroxyl groups is 1. The molecule has 2 N–H and O–H groups in total. The SMILES string of the molecule is Cc1ccc(C(C)C)c(OCC(=O)NN=Cc2cc(O)ccc2[N+](=O)[O-])c1. The van der Waals surface area contributed by atoms with Crippen LogP contribution < -0.4 is 10.2 Å². The molecule has 8 nitrogen and oxygen atoms in total. The fourth-order valence-electron chi connectivity index (χ4n) is 2.40. The number of aryl methyl sites for hydroxylation is 1. The van der Waals surface area contributed by atoms with Crippen LogP contribution in [0.2, 0.25) is 0 Å². The smallest absolute Gasteiger partial charge is 0.278 e. The number of ether oxygens (including phenoxy) is 1. The van der Waals surface area contributed by atoms with Crippen molar-refractivity contribution in [2.45, 2.75) is 26.7 Å². The molecule has 142 valence electrons. The van der Waals surface area contributed by atoms with Crippen molar-refractivity contribution in [2.24, 2.45) is 5.10 Å². The Bertz CT molecular complexity index is 878. The molecule has 0 radical (unpaired) electrons. The maximum Gasteiger partial charge on any atom is 0.278 e. The van der Waals surface area contributed by atoms with Gasteiger partial charge in [-0.05, 0) is 42.2 Å². The van der Waals surface area contributed by atoms with Gasteiger partial charge in [0, 0.05) is 6.07 Å². The Hall–Kier alpha value is -3.42. The van der Waals surface area contributed by atoms with Crippen LogP contribution in [-0.4, -0.2) is 28.8 Å². The minimum absolute atomic E-state index is 0.0713. The van der Waals surface area contributed by atoms with Crippen LogP contribution in [0, 0.1) is 17.0 Å². The lowest BCUT2D eigenvalue weighted by Crippen LogP contribution is -2.25. The molecule has 0 saturated carbocycles. The zero-order valence-corrected chi connectivity index (χ0v) is 15.3. The van der Waals surface area contributed by atoms with Crippen LogP contribution in [0.15, 0.2) is 41.5 Å². The molecule has 2 aromatic carbocycles. The molecule has 0 fully saturated rings. The second-order valence-corrected chi connectivity index (χ2v) is 6.28. The molecule has 27 heavy (non-hydrogen) atoms. The largest absolute Gasteiger partial charge is 0.508 e. The van der Waals surface area contributed by atoms with Crippen molar-refractivity contribution in [3.05, 3.63) is 63.2 Å². The second kappa shape index (κ2) is 8.79. The lowest BCUT2D eigenvalue weighted by atomic mass is 10.0. The van der Waals surface area contributed by atoms with Gasteiger partial charge in [-0.25, -0.2) is 5.43 Å². The Labute approximate surface area is 156 Å². The number of nitro benzene ring substituents is 1. The van der Waals surface area contributed by atoms with Crippen molar-refractivity contribution in [2.75, 3.05) is 6.61 Å². The number of carbonyl (C=O) groups excluding carboxylic acids is 1. The molecule has 2 aromatic rings. The fourth-order valence-corrected chi connectivity index (χ4v) is 2.40. The summed E-state index contributed by atoms with van der Waals surface area (Å²) in [6.07, 6.45) is 1.10. The first-order chi connectivity index (χ1) is 12.8. The molecule has 0 spiro atoms. The van der Waals surface area contributed by atoms with Gasteiger partial charge < -0.3 is 9.84 Å². The summed E-state index contributed by atoms with van der Waals surface area (Å²) >= 11 is 0. The number of nitro groups is 1. The first-order valence-electron chi connectivity index (χ1n) is 8.30. The summed E-state index contributed by atoms with van der Waals surface area (Å²) in [7, 11) is 0. The monoisotopic (exact) mass is 371 g/mol. The van der Waals surface area contributed by atoms with E-state index in [1.807, 2.05) is 39.0 Å². The van der Waals surface area contributed by atoms with Crippen molar-refractivity contribution in [1.29, 1.82) is 0 Å². The molecule has 1 amide bonds. The number of phenols is 1. The number of amides is 1. The average Bonchev–Trinajstić information content (AvgIpc) is 2.59. The molecular formula is C19H21N3O5. The molecule has 0 saturated heterocycles. The first-order valence-corrected chi connectivity index (χ1v) is 8.30. The molecule has 0 aromatic heterocycles. The van der Waals surface area contributed by atoms with E-state index < -0.39 is 10.8 Å². The lowest BCUT2D eigenvalue weighted by molar-refractivity contribution is -0.385. The quantitative estimate of drug-likeness (QED) is 0.440. The van der Waals surface area contributed by atoms with Crippen LogP contribution >= 0.6 is 0 Å². The highest BCUT2D eigenvalue weighted by atomic mass is 16.6. The number of hydrazone groups is 1. The van der Waals surface area contributed by atoms with Crippen LogP contribution in [0.4, 0.5) is 5.69 Å². The number of nitrogens with one attached hydrogen (secondary N) is 1. The highest BCUT2D eigenvalue weighted by Crippen LogP contribution is 2.27. The van der Waals surface area contributed by atoms with Crippen molar-refractivity contribution in [1.82, 2.24) is 5.43 Å². The van der Waals surface area contributed by atoms with E-state index in [4.69, 9.17) is 4.74 Å². The molecule has 2 rings (SSSR count). The van der Waals surface area contributed by atoms with E-state index >= 15 is 0 Å². The highest BCUT2D eigenvalue weighted by molar-refractivity contribution is 5.87. The summed E-state index contributed by atoms with van der Waals surface area (Å²) in [5.41, 5.74) is 4.10. The second-order valence-electron chi connectivity index (χ2n) is 6.28. The van der Waals surface area contributed by atoms with E-state index in [0.717, 1.165) is 23.4 Å². The highest BCUT2D eigenvalue weighted by Gasteiger charge is 2.13. The molecular weight excluding hydrogens is 350 g/mol. The van der Waals surface area contributed by atoms with Crippen molar-refractivity contribution in [3.63, 3.8) is 0 Å². The molecule has 0 unspecified atom stereocenters. The fraction of sp³-hybridized carbons (Fsp3) is 0.263. The van der Waals surface area contributed by atoms with Crippen LogP contribution in [0.3, 0.4) is 0 Å². The molecule has 0 aliphatic carbocycles. The summed E-state index contributed by atoms with van der Waals surface area (Å²) < 4.78 is 5.59. The van der Waals surface area contributed by atoms with E-state index in [1.165, 1.54) is 12.1 Å². The van der Waals surface area contributed by atoms with Crippen molar-refractivity contribution in [3.8, 4) is 11.5 Å². The van der Waals surface area contributed by atoms with Gasteiger partial charge >= 0.3 is 0 Å². The Kier molecular flexibility index (Phi) is 6.48. The zero-order valence-electron chi connectivity index (χ0n) is 15.3. The van der Waals surface area contributed by atoms with Gasteiger partial charge in [0.2, 0.25) is 0 Å². The van der Waals surface area contributed by atoms with Crippen molar-refractivity contribution < 1.29 is 19.6 Å². The summed E-state index contributed by atoms with van der Waals surface area (Å²) in [6, 6.07) is 9.36. The minimum atomic E-state index is -0.600. The minimum Gasteiger partial charge on any atom is -0.508 e. The van der Waals surface area contributed by atoms with Gasteiger partial charge in [0.15, 0.2) is 6.61 Å². The van der Waals surface area contributed by atoms with E-state index in [1.54, 1.807) is 0 Å². The van der Waals surface area contributed by atoms with Gasteiger partial charge in [-0.3, -0.25) is 14.9 Å². The third-order valence-electron chi connectivity index (χ3n) is 3.75. The maximum absolute atomic E-state index is 11.9. The first kappa shape index (κ1) is 19.9. The number of carbonyl (C=O) groups is 1. The summed E-state index contributed by atoms with van der Waals surface area (Å²) in [5.74, 6) is 0.225. The molecule has 0 bridgehead atoms. The van der Waals surface area contributed by atoms with Crippen molar-refractivity contribution >= 4 is 17.8 Å². The molecule has 0 aliphatic heterocycles. The van der Waals surface area contributed by atoms with Gasteiger partial charge in [0.1, 0.15) is 11.5 Å². The van der Waals surface area contributed by atoms with E-state index in [-0.39, 0.29) is 29.5 Å². The van der Waals surface area contributed by atoms with Crippen LogP contribution in [0.5, 0.6) is 11.5 Å². The number of hydrogen-bond acceptors (Lipinski definition) is 6. The lowest BCUT2D eigenvalue weighted by Gasteiger charge is -2.14. The van der Waals surface area contributed by atoms with Gasteiger partial charge in [-0.15, -0.1) is 0 Å². The van der Waals surface area contributed by atoms with Gasteiger partial charge in [0.25, 0.3) is 11.6 Å². The normalized spacial score (nSPS) is 11.0. The van der Waals surface area contributed by atoms with Gasteiger partial charge in [0.05, 0.1) is 16.7 Å². The number of rotatable bonds is 7. The average molecular weight is 371 g/mol. The van der Waals surface area contributed by atoms with E-state index in [9.17, 15) is 20.0 Å². The number of phenolic OH excluding ortho intramolecular Hbond substituents is 1. The number of hydrogen-bond donors (Lipinski definition) is 2. The standard InChI is InChI=1S/C19H21N3O5/c1-12(2)16-6-4-13(3)8-18(16)27-11-19(24)21-20-10-14-9-15(23)5-7-17(14)22(25)26/h4-10,12,23H,11H2,1-3H3,(H,21,24). The molecule has 8 heteroatoms. The topological polar surface area (TPSA) is 114 Å². The van der Waals surface area contributed by atoms with Crippen LogP contribution in [0.25, 0.3) is 0 Å². The summed E-state index contributed by atoms with van der Waals surface area (Å²) in [6.45, 7) is 5.75. The zero-order chi connectivity index (χ0) is 20.0. The molecule has 0 aliphatic rings. The van der Waals surface area contributed by atoms with E-state index in [2.05, 4.69) is 10.5 Å². The Morgan fingerprint density at radius 1 is 1.33 bits per heavy atom. The number of nitrogens with zero attached hydrogens (tertiary/aromatic N) is 2. The third kappa shape index (κ3) is 5.53. The Balaban J connectivity index is 2.00. The van der Waals surface area contributed by atoms with E-state index in [0.29, 0.717) is 5.75 Å². The van der Waals surface area contributed by atoms with Crippen LogP contribution in [0.1, 0.15) is 36.5 Å². The van der Waals surface area contributed by atoms with Gasteiger partial charge in [-0.2, -0.15) is 5.10 Å². The molecule has 0 atom stereocenters. The Morgan fingerprint density at radius 3 is 2.74 bits per heavy atom. The summed E-state index contributed by atoms with van der Waals surface area (Å²) in [5, 5.41) is 24.1. The van der Waals surface area contributed by atoms with Gasteiger partial charge in [-0.1, -0.05) is 26.0 Å². The predicted molar refractivity (Wildman–Crippen MR) is 101 cm³/mol. The third-order valence-corrected chi connectivity index (χ3v) is 3.75.